The molecule has 0 amide bonds. The van der Waals surface area contributed by atoms with Gasteiger partial charge in [-0.15, -0.1) is 0 Å². The van der Waals surface area contributed by atoms with E-state index in [0.717, 1.165) is 6.54 Å². The molecule has 0 aromatic rings. The Balaban J connectivity index is 3.07. The largest absolute Gasteiger partial charge is 0.329 e. The van der Waals surface area contributed by atoms with E-state index in [1.165, 1.54) is 12.8 Å². The molecule has 0 spiro atoms. The highest BCUT2D eigenvalue weighted by Crippen LogP contribution is 2.10. The van der Waals surface area contributed by atoms with Gasteiger partial charge in [0.15, 0.2) is 0 Å². The summed E-state index contributed by atoms with van der Waals surface area (Å²) in [6.07, 6.45) is 4.63. The van der Waals surface area contributed by atoms with Crippen molar-refractivity contribution in [1.29, 1.82) is 0 Å². The third-order valence-corrected chi connectivity index (χ3v) is 2.30. The Labute approximate surface area is 56.0 Å². The molecule has 0 radical (unpaired) electrons. The summed E-state index contributed by atoms with van der Waals surface area (Å²) < 4.78 is 0. The number of nitrogens with two attached hydrogens (primary N) is 1. The summed E-state index contributed by atoms with van der Waals surface area (Å²) >= 11 is 1.87. The van der Waals surface area contributed by atoms with Crippen molar-refractivity contribution in [1.82, 2.24) is 0 Å². The molecule has 1 unspecified atom stereocenters. The molecular formula is C6H15NS. The van der Waals surface area contributed by atoms with Crippen LogP contribution in [-0.2, 0) is 0 Å². The van der Waals surface area contributed by atoms with Gasteiger partial charge >= 0.3 is 0 Å². The molecule has 0 aliphatic carbocycles. The van der Waals surface area contributed by atoms with Crippen LogP contribution in [0.15, 0.2) is 0 Å². The van der Waals surface area contributed by atoms with Gasteiger partial charge in [0, 0.05) is 11.8 Å². The highest BCUT2D eigenvalue weighted by atomic mass is 32.2. The van der Waals surface area contributed by atoms with E-state index < -0.39 is 0 Å². The summed E-state index contributed by atoms with van der Waals surface area (Å²) in [4.78, 5) is 0. The average Bonchev–Trinajstić information content (AvgIpc) is 1.83. The van der Waals surface area contributed by atoms with Crippen LogP contribution < -0.4 is 5.73 Å². The highest BCUT2D eigenvalue weighted by molar-refractivity contribution is 7.99. The first kappa shape index (κ1) is 8.31. The van der Waals surface area contributed by atoms with Crippen molar-refractivity contribution in [3.05, 3.63) is 0 Å². The molecule has 0 aliphatic rings. The fraction of sp³-hybridized carbons (Fsp3) is 1.00. The summed E-state index contributed by atoms with van der Waals surface area (Å²) in [6, 6.07) is 0. The van der Waals surface area contributed by atoms with E-state index >= 15 is 0 Å². The van der Waals surface area contributed by atoms with E-state index in [1.807, 2.05) is 11.8 Å². The van der Waals surface area contributed by atoms with Crippen molar-refractivity contribution in [3.8, 4) is 0 Å². The second kappa shape index (κ2) is 5.45. The molecule has 0 heterocycles. The van der Waals surface area contributed by atoms with Gasteiger partial charge in [-0.2, -0.15) is 11.8 Å². The van der Waals surface area contributed by atoms with Crippen molar-refractivity contribution < 1.29 is 0 Å². The Morgan fingerprint density at radius 3 is 2.38 bits per heavy atom. The zero-order valence-corrected chi connectivity index (χ0v) is 6.50. The first-order valence-electron chi connectivity index (χ1n) is 3.08. The molecule has 1 nitrogen and oxygen atoms in total. The Hall–Kier alpha value is 0.310. The minimum absolute atomic E-state index is 0.694. The molecule has 0 saturated carbocycles. The van der Waals surface area contributed by atoms with Crippen LogP contribution in [0.4, 0.5) is 0 Å². The molecule has 2 heteroatoms. The van der Waals surface area contributed by atoms with Gasteiger partial charge in [0.25, 0.3) is 0 Å². The van der Waals surface area contributed by atoms with Gasteiger partial charge in [-0.05, 0) is 12.7 Å². The molecule has 0 bridgehead atoms. The quantitative estimate of drug-likeness (QED) is 0.628. The number of rotatable bonds is 4. The predicted octanol–water partition coefficient (Wildman–Crippen LogP) is 1.48. The van der Waals surface area contributed by atoms with Crippen LogP contribution in [0.1, 0.15) is 19.8 Å². The number of hydrogen-bond acceptors (Lipinski definition) is 2. The summed E-state index contributed by atoms with van der Waals surface area (Å²) in [6.45, 7) is 3.02. The van der Waals surface area contributed by atoms with E-state index in [-0.39, 0.29) is 0 Å². The minimum Gasteiger partial charge on any atom is -0.329 e. The van der Waals surface area contributed by atoms with Crippen LogP contribution in [0.3, 0.4) is 0 Å². The molecular weight excluding hydrogens is 118 g/mol. The van der Waals surface area contributed by atoms with Crippen LogP contribution in [-0.4, -0.2) is 18.1 Å². The molecule has 0 aromatic carbocycles. The van der Waals surface area contributed by atoms with Gasteiger partial charge < -0.3 is 5.73 Å². The van der Waals surface area contributed by atoms with Gasteiger partial charge in [-0.25, -0.2) is 0 Å². The number of hydrogen-bond donors (Lipinski definition) is 1. The average molecular weight is 133 g/mol. The van der Waals surface area contributed by atoms with E-state index in [9.17, 15) is 0 Å². The van der Waals surface area contributed by atoms with Crippen LogP contribution in [0.2, 0.25) is 0 Å². The lowest BCUT2D eigenvalue weighted by Gasteiger charge is -2.07. The zero-order chi connectivity index (χ0) is 6.41. The Kier molecular flexibility index (Phi) is 5.66. The smallest absolute Gasteiger partial charge is 0.0167 e. The molecule has 0 rings (SSSR count). The van der Waals surface area contributed by atoms with Crippen molar-refractivity contribution >= 4 is 11.8 Å². The van der Waals surface area contributed by atoms with Crippen molar-refractivity contribution in [3.63, 3.8) is 0 Å². The van der Waals surface area contributed by atoms with E-state index in [0.29, 0.717) is 5.25 Å². The fourth-order valence-corrected chi connectivity index (χ4v) is 1.32. The van der Waals surface area contributed by atoms with Gasteiger partial charge in [0.1, 0.15) is 0 Å². The zero-order valence-electron chi connectivity index (χ0n) is 5.68. The summed E-state index contributed by atoms with van der Waals surface area (Å²) in [5.74, 6) is 0. The molecule has 0 aromatic heterocycles. The number of thioether (sulfide) groups is 1. The third-order valence-electron chi connectivity index (χ3n) is 1.21. The molecule has 0 saturated heterocycles. The monoisotopic (exact) mass is 133 g/mol. The van der Waals surface area contributed by atoms with Crippen LogP contribution in [0.25, 0.3) is 0 Å². The van der Waals surface area contributed by atoms with E-state index in [1.54, 1.807) is 0 Å². The van der Waals surface area contributed by atoms with Gasteiger partial charge in [-0.3, -0.25) is 0 Å². The maximum absolute atomic E-state index is 5.45. The van der Waals surface area contributed by atoms with Gasteiger partial charge in [-0.1, -0.05) is 13.3 Å². The molecule has 0 fully saturated rings. The standard InChI is InChI=1S/C6H15NS/c1-3-4-6(5-7)8-2/h6H,3-5,7H2,1-2H3. The topological polar surface area (TPSA) is 26.0 Å². The Morgan fingerprint density at radius 1 is 1.62 bits per heavy atom. The van der Waals surface area contributed by atoms with Crippen LogP contribution >= 0.6 is 11.8 Å². The van der Waals surface area contributed by atoms with Crippen LogP contribution in [0, 0.1) is 0 Å². The highest BCUT2D eigenvalue weighted by Gasteiger charge is 1.99. The molecule has 8 heavy (non-hydrogen) atoms. The summed E-state index contributed by atoms with van der Waals surface area (Å²) in [5.41, 5.74) is 5.45. The third kappa shape index (κ3) is 3.33. The first-order valence-corrected chi connectivity index (χ1v) is 4.36. The molecule has 50 valence electrons. The summed E-state index contributed by atoms with van der Waals surface area (Å²) in [7, 11) is 0. The minimum atomic E-state index is 0.694. The fourth-order valence-electron chi connectivity index (χ4n) is 0.654. The van der Waals surface area contributed by atoms with Gasteiger partial charge in [0.05, 0.1) is 0 Å². The molecule has 2 N–H and O–H groups in total. The van der Waals surface area contributed by atoms with Crippen LogP contribution in [0.5, 0.6) is 0 Å². The SMILES string of the molecule is CCCC(CN)SC. The molecule has 1 atom stereocenters. The Morgan fingerprint density at radius 2 is 2.25 bits per heavy atom. The van der Waals surface area contributed by atoms with E-state index in [4.69, 9.17) is 5.73 Å². The lowest BCUT2D eigenvalue weighted by molar-refractivity contribution is 0.745. The Bertz CT molecular complexity index is 43.8. The lowest BCUT2D eigenvalue weighted by atomic mass is 10.2. The normalized spacial score (nSPS) is 13.9. The van der Waals surface area contributed by atoms with Crippen molar-refractivity contribution in [2.24, 2.45) is 5.73 Å². The van der Waals surface area contributed by atoms with E-state index in [2.05, 4.69) is 13.2 Å². The maximum atomic E-state index is 5.45. The predicted molar refractivity (Wildman–Crippen MR) is 41.3 cm³/mol. The molecule has 0 aliphatic heterocycles. The second-order valence-electron chi connectivity index (χ2n) is 1.88. The summed E-state index contributed by atoms with van der Waals surface area (Å²) in [5, 5.41) is 0.694. The first-order chi connectivity index (χ1) is 3.85. The second-order valence-corrected chi connectivity index (χ2v) is 3.02. The maximum Gasteiger partial charge on any atom is 0.0167 e. The van der Waals surface area contributed by atoms with Crippen molar-refractivity contribution in [2.45, 2.75) is 25.0 Å². The van der Waals surface area contributed by atoms with Gasteiger partial charge in [0.2, 0.25) is 0 Å². The van der Waals surface area contributed by atoms with Crippen molar-refractivity contribution in [2.75, 3.05) is 12.8 Å². The lowest BCUT2D eigenvalue weighted by Crippen LogP contribution is -2.15.